The first-order valence-electron chi connectivity index (χ1n) is 5.36. The molecule has 1 aromatic heterocycles. The maximum Gasteiger partial charge on any atom is 0.0565 e. The third-order valence-corrected chi connectivity index (χ3v) is 4.41. The first kappa shape index (κ1) is 12.9. The van der Waals surface area contributed by atoms with Crippen molar-refractivity contribution < 1.29 is 0 Å². The van der Waals surface area contributed by atoms with Crippen molar-refractivity contribution in [1.29, 1.82) is 0 Å². The summed E-state index contributed by atoms with van der Waals surface area (Å²) in [6.07, 6.45) is 2.16. The highest BCUT2D eigenvalue weighted by Gasteiger charge is 2.21. The zero-order chi connectivity index (χ0) is 11.1. The number of hydrogen-bond acceptors (Lipinski definition) is 2. The second-order valence-electron chi connectivity index (χ2n) is 4.12. The average molecular weight is 286 g/mol. The van der Waals surface area contributed by atoms with Crippen LogP contribution >= 0.6 is 35.3 Å². The van der Waals surface area contributed by atoms with Crippen molar-refractivity contribution in [1.82, 2.24) is 0 Å². The number of aryl methyl sites for hydroxylation is 2. The minimum absolute atomic E-state index is 0. The van der Waals surface area contributed by atoms with E-state index in [1.165, 1.54) is 21.6 Å². The summed E-state index contributed by atoms with van der Waals surface area (Å²) < 4.78 is 0. The third kappa shape index (κ3) is 2.23. The molecule has 90 valence electrons. The van der Waals surface area contributed by atoms with E-state index in [-0.39, 0.29) is 18.4 Å². The van der Waals surface area contributed by atoms with Crippen molar-refractivity contribution >= 4 is 35.3 Å². The van der Waals surface area contributed by atoms with E-state index < -0.39 is 0 Å². The number of halogens is 2. The van der Waals surface area contributed by atoms with Crippen LogP contribution in [0.4, 0.5) is 0 Å². The molecule has 1 unspecified atom stereocenters. The van der Waals surface area contributed by atoms with Gasteiger partial charge in [0.05, 0.1) is 6.04 Å². The van der Waals surface area contributed by atoms with Crippen LogP contribution < -0.4 is 5.73 Å². The van der Waals surface area contributed by atoms with Gasteiger partial charge in [0.2, 0.25) is 0 Å². The molecule has 0 aliphatic heterocycles. The molecule has 0 bridgehead atoms. The molecule has 2 N–H and O–H groups in total. The van der Waals surface area contributed by atoms with Gasteiger partial charge in [-0.2, -0.15) is 0 Å². The highest BCUT2D eigenvalue weighted by Crippen LogP contribution is 2.34. The lowest BCUT2D eigenvalue weighted by molar-refractivity contribution is 0.869. The molecule has 1 heterocycles. The van der Waals surface area contributed by atoms with Gasteiger partial charge in [-0.3, -0.25) is 0 Å². The minimum atomic E-state index is -0.0163. The van der Waals surface area contributed by atoms with Crippen molar-refractivity contribution in [3.05, 3.63) is 56.2 Å². The van der Waals surface area contributed by atoms with E-state index in [0.717, 1.165) is 17.9 Å². The summed E-state index contributed by atoms with van der Waals surface area (Å²) in [7, 11) is 0. The Kier molecular flexibility index (Phi) is 3.79. The van der Waals surface area contributed by atoms with Crippen molar-refractivity contribution in [3.8, 4) is 0 Å². The molecular formula is C13H13Cl2NS. The van der Waals surface area contributed by atoms with Crippen LogP contribution in [0.5, 0.6) is 0 Å². The zero-order valence-electron chi connectivity index (χ0n) is 9.15. The summed E-state index contributed by atoms with van der Waals surface area (Å²) >= 11 is 7.85. The lowest BCUT2D eigenvalue weighted by Crippen LogP contribution is -2.12. The van der Waals surface area contributed by atoms with Gasteiger partial charge in [0.15, 0.2) is 0 Å². The van der Waals surface area contributed by atoms with Gasteiger partial charge in [0.1, 0.15) is 0 Å². The number of fused-ring (bicyclic) bond motifs is 2. The SMILES string of the molecule is Cl.NC1c2cc(Cl)ccc2CCc2sccc21. The van der Waals surface area contributed by atoms with Crippen LogP contribution in [-0.2, 0) is 12.8 Å². The number of thiophene rings is 1. The standard InChI is InChI=1S/C13H12ClNS.ClH/c14-9-3-1-8-2-4-12-10(5-6-16-12)13(15)11(8)7-9;/h1,3,5-7,13H,2,4,15H2;1H. The van der Waals surface area contributed by atoms with Crippen LogP contribution in [0.1, 0.15) is 27.6 Å². The molecule has 3 rings (SSSR count). The maximum atomic E-state index is 6.32. The molecule has 1 aromatic carbocycles. The molecule has 4 heteroatoms. The molecule has 1 aliphatic carbocycles. The highest BCUT2D eigenvalue weighted by atomic mass is 35.5. The van der Waals surface area contributed by atoms with Gasteiger partial charge in [-0.1, -0.05) is 17.7 Å². The second-order valence-corrected chi connectivity index (χ2v) is 5.56. The topological polar surface area (TPSA) is 26.0 Å². The molecule has 17 heavy (non-hydrogen) atoms. The van der Waals surface area contributed by atoms with E-state index in [4.69, 9.17) is 17.3 Å². The fourth-order valence-electron chi connectivity index (χ4n) is 2.33. The molecule has 0 amide bonds. The summed E-state index contributed by atoms with van der Waals surface area (Å²) in [5, 5.41) is 2.90. The molecule has 0 saturated carbocycles. The third-order valence-electron chi connectivity index (χ3n) is 3.18. The Hall–Kier alpha value is -0.540. The van der Waals surface area contributed by atoms with Gasteiger partial charge in [0, 0.05) is 9.90 Å². The van der Waals surface area contributed by atoms with Crippen molar-refractivity contribution in [2.45, 2.75) is 18.9 Å². The van der Waals surface area contributed by atoms with Crippen LogP contribution in [0, 0.1) is 0 Å². The van der Waals surface area contributed by atoms with Crippen molar-refractivity contribution in [2.75, 3.05) is 0 Å². The molecule has 1 nitrogen and oxygen atoms in total. The van der Waals surface area contributed by atoms with E-state index in [2.05, 4.69) is 17.5 Å². The number of nitrogens with two attached hydrogens (primary N) is 1. The Labute approximate surface area is 116 Å². The molecule has 0 saturated heterocycles. The van der Waals surface area contributed by atoms with E-state index in [1.807, 2.05) is 12.1 Å². The molecule has 0 radical (unpaired) electrons. The number of hydrogen-bond donors (Lipinski definition) is 1. The molecule has 1 aliphatic rings. The summed E-state index contributed by atoms with van der Waals surface area (Å²) in [5.74, 6) is 0. The van der Waals surface area contributed by atoms with Gasteiger partial charge in [-0.05, 0) is 53.1 Å². The summed E-state index contributed by atoms with van der Waals surface area (Å²) in [4.78, 5) is 1.42. The average Bonchev–Trinajstić information content (AvgIpc) is 2.70. The Morgan fingerprint density at radius 2 is 2.00 bits per heavy atom. The first-order valence-corrected chi connectivity index (χ1v) is 6.61. The summed E-state index contributed by atoms with van der Waals surface area (Å²) in [6.45, 7) is 0. The van der Waals surface area contributed by atoms with Gasteiger partial charge in [0.25, 0.3) is 0 Å². The molecule has 0 fully saturated rings. The fourth-order valence-corrected chi connectivity index (χ4v) is 3.44. The van der Waals surface area contributed by atoms with E-state index in [0.29, 0.717) is 0 Å². The largest absolute Gasteiger partial charge is 0.320 e. The second kappa shape index (κ2) is 4.99. The Balaban J connectivity index is 0.00000108. The summed E-state index contributed by atoms with van der Waals surface area (Å²) in [6, 6.07) is 8.19. The molecule has 0 spiro atoms. The molecule has 2 aromatic rings. The first-order chi connectivity index (χ1) is 7.75. The smallest absolute Gasteiger partial charge is 0.0565 e. The van der Waals surface area contributed by atoms with Crippen molar-refractivity contribution in [3.63, 3.8) is 0 Å². The highest BCUT2D eigenvalue weighted by molar-refractivity contribution is 7.10. The fraction of sp³-hybridized carbons (Fsp3) is 0.231. The predicted molar refractivity (Wildman–Crippen MR) is 76.5 cm³/mol. The van der Waals surface area contributed by atoms with Gasteiger partial charge in [-0.25, -0.2) is 0 Å². The molecule has 1 atom stereocenters. The minimum Gasteiger partial charge on any atom is -0.320 e. The van der Waals surface area contributed by atoms with E-state index in [1.54, 1.807) is 11.3 Å². The quantitative estimate of drug-likeness (QED) is 0.779. The Bertz CT molecular complexity index is 536. The lowest BCUT2D eigenvalue weighted by Gasteiger charge is -2.13. The lowest BCUT2D eigenvalue weighted by atomic mass is 9.98. The van der Waals surface area contributed by atoms with Crippen LogP contribution in [0.15, 0.2) is 29.6 Å². The monoisotopic (exact) mass is 285 g/mol. The summed E-state index contributed by atoms with van der Waals surface area (Å²) in [5.41, 5.74) is 10.1. The van der Waals surface area contributed by atoms with Crippen LogP contribution in [0.2, 0.25) is 5.02 Å². The van der Waals surface area contributed by atoms with E-state index in [9.17, 15) is 0 Å². The predicted octanol–water partition coefficient (Wildman–Crippen LogP) is 3.97. The van der Waals surface area contributed by atoms with Crippen LogP contribution in [-0.4, -0.2) is 0 Å². The van der Waals surface area contributed by atoms with Gasteiger partial charge < -0.3 is 5.73 Å². The van der Waals surface area contributed by atoms with Crippen LogP contribution in [0.3, 0.4) is 0 Å². The Morgan fingerprint density at radius 1 is 1.18 bits per heavy atom. The van der Waals surface area contributed by atoms with E-state index >= 15 is 0 Å². The zero-order valence-corrected chi connectivity index (χ0v) is 11.5. The maximum absolute atomic E-state index is 6.32. The number of benzene rings is 1. The number of rotatable bonds is 0. The van der Waals surface area contributed by atoms with Crippen LogP contribution in [0.25, 0.3) is 0 Å². The van der Waals surface area contributed by atoms with Crippen molar-refractivity contribution in [2.24, 2.45) is 5.73 Å². The van der Waals surface area contributed by atoms with Gasteiger partial charge >= 0.3 is 0 Å². The molecular weight excluding hydrogens is 273 g/mol. The normalized spacial score (nSPS) is 17.6. The van der Waals surface area contributed by atoms with Gasteiger partial charge in [-0.15, -0.1) is 23.7 Å². The Morgan fingerprint density at radius 3 is 2.82 bits per heavy atom.